The zero-order chi connectivity index (χ0) is 32.1. The minimum atomic E-state index is -0.536. The lowest BCUT2D eigenvalue weighted by Gasteiger charge is -2.09. The Kier molecular flexibility index (Phi) is 11.6. The highest BCUT2D eigenvalue weighted by Crippen LogP contribution is 2.24. The molecule has 0 fully saturated rings. The molecule has 0 unspecified atom stereocenters. The molecule has 5 N–H and O–H groups in total. The van der Waals surface area contributed by atoms with Crippen LogP contribution in [0.5, 0.6) is 0 Å². The number of aromatic nitrogens is 6. The van der Waals surface area contributed by atoms with E-state index in [2.05, 4.69) is 36.1 Å². The second-order valence-corrected chi connectivity index (χ2v) is 10.3. The van der Waals surface area contributed by atoms with E-state index in [-0.39, 0.29) is 18.3 Å². The van der Waals surface area contributed by atoms with Crippen LogP contribution in [0.15, 0.2) is 53.3 Å². The molecule has 5 rings (SSSR count). The van der Waals surface area contributed by atoms with E-state index in [1.807, 2.05) is 0 Å². The number of hydrogen-bond acceptors (Lipinski definition) is 11. The van der Waals surface area contributed by atoms with Crippen LogP contribution in [-0.4, -0.2) is 94.0 Å². The fraction of sp³-hybridized carbons (Fsp3) is 0.400. The molecular formula is C30H38N10O6. The minimum absolute atomic E-state index is 0.0989. The molecule has 0 bridgehead atoms. The second-order valence-electron chi connectivity index (χ2n) is 10.3. The number of rotatable bonds is 18. The van der Waals surface area contributed by atoms with Crippen molar-refractivity contribution in [1.29, 1.82) is 0 Å². The Morgan fingerprint density at radius 1 is 0.913 bits per heavy atom. The molecule has 5 aromatic rings. The van der Waals surface area contributed by atoms with Gasteiger partial charge in [0.05, 0.1) is 44.5 Å². The smallest absolute Gasteiger partial charge is 0.326 e. The van der Waals surface area contributed by atoms with Gasteiger partial charge in [-0.15, -0.1) is 5.10 Å². The van der Waals surface area contributed by atoms with Gasteiger partial charge in [-0.1, -0.05) is 12.1 Å². The average Bonchev–Trinajstić information content (AvgIpc) is 3.80. The highest BCUT2D eigenvalue weighted by atomic mass is 16.5. The summed E-state index contributed by atoms with van der Waals surface area (Å²) in [5.74, 6) is 0.860. The Bertz CT molecular complexity index is 1700. The number of benzene rings is 1. The van der Waals surface area contributed by atoms with Crippen LogP contribution in [0.1, 0.15) is 18.4 Å². The summed E-state index contributed by atoms with van der Waals surface area (Å²) in [4.78, 5) is 34.3. The topological polar surface area (TPSA) is 198 Å². The Morgan fingerprint density at radius 3 is 2.37 bits per heavy atom. The number of hydrogen-bond donors (Lipinski definition) is 4. The summed E-state index contributed by atoms with van der Waals surface area (Å²) in [7, 11) is 1.77. The molecule has 0 aliphatic rings. The largest absolute Gasteiger partial charge is 0.461 e. The average molecular weight is 635 g/mol. The number of nitrogens with one attached hydrogen (secondary N) is 3. The summed E-state index contributed by atoms with van der Waals surface area (Å²) in [6, 6.07) is 9.96. The molecule has 0 saturated heterocycles. The van der Waals surface area contributed by atoms with Crippen LogP contribution in [0.25, 0.3) is 28.3 Å². The Balaban J connectivity index is 1.03. The normalized spacial score (nSPS) is 11.3. The third-order valence-electron chi connectivity index (χ3n) is 6.64. The van der Waals surface area contributed by atoms with Crippen molar-refractivity contribution in [1.82, 2.24) is 34.7 Å². The van der Waals surface area contributed by atoms with Gasteiger partial charge in [0.15, 0.2) is 17.1 Å². The van der Waals surface area contributed by atoms with Crippen LogP contribution >= 0.6 is 0 Å². The van der Waals surface area contributed by atoms with E-state index in [0.29, 0.717) is 93.1 Å². The van der Waals surface area contributed by atoms with E-state index in [0.717, 1.165) is 12.0 Å². The van der Waals surface area contributed by atoms with Crippen LogP contribution in [0.4, 0.5) is 16.4 Å². The third-order valence-corrected chi connectivity index (χ3v) is 6.64. The number of fused-ring (bicyclic) bond motifs is 3. The lowest BCUT2D eigenvalue weighted by Crippen LogP contribution is -2.27. The van der Waals surface area contributed by atoms with E-state index < -0.39 is 6.03 Å². The second kappa shape index (κ2) is 16.4. The first-order chi connectivity index (χ1) is 22.5. The van der Waals surface area contributed by atoms with Crippen molar-refractivity contribution in [3.63, 3.8) is 0 Å². The van der Waals surface area contributed by atoms with E-state index >= 15 is 0 Å². The van der Waals surface area contributed by atoms with Crippen molar-refractivity contribution in [2.24, 2.45) is 12.8 Å². The Labute approximate surface area is 264 Å². The summed E-state index contributed by atoms with van der Waals surface area (Å²) in [5, 5.41) is 17.9. The van der Waals surface area contributed by atoms with Crippen LogP contribution in [-0.2, 0) is 32.5 Å². The number of urea groups is 1. The highest BCUT2D eigenvalue weighted by Gasteiger charge is 2.19. The molecule has 0 spiro atoms. The number of ether oxygens (including phenoxy) is 3. The highest BCUT2D eigenvalue weighted by molar-refractivity contribution is 6.00. The number of nitrogens with zero attached hydrogens (tertiary/aromatic N) is 6. The number of anilines is 2. The summed E-state index contributed by atoms with van der Waals surface area (Å²) in [6.07, 6.45) is 5.07. The molecule has 16 nitrogen and oxygen atoms in total. The van der Waals surface area contributed by atoms with Gasteiger partial charge in [-0.2, -0.15) is 14.6 Å². The Morgan fingerprint density at radius 2 is 1.65 bits per heavy atom. The lowest BCUT2D eigenvalue weighted by atomic mass is 10.1. The number of furan rings is 1. The summed E-state index contributed by atoms with van der Waals surface area (Å²) in [5.41, 5.74) is 7.62. The number of amides is 3. The molecular weight excluding hydrogens is 596 g/mol. The van der Waals surface area contributed by atoms with Gasteiger partial charge < -0.3 is 35.0 Å². The van der Waals surface area contributed by atoms with Gasteiger partial charge >= 0.3 is 6.03 Å². The van der Waals surface area contributed by atoms with Crippen LogP contribution in [0, 0.1) is 0 Å². The van der Waals surface area contributed by atoms with E-state index in [4.69, 9.17) is 24.4 Å². The van der Waals surface area contributed by atoms with Gasteiger partial charge in [0, 0.05) is 38.7 Å². The number of nitrogens with two attached hydrogens (primary N) is 1. The first-order valence-electron chi connectivity index (χ1n) is 15.0. The van der Waals surface area contributed by atoms with Gasteiger partial charge in [-0.05, 0) is 49.2 Å². The lowest BCUT2D eigenvalue weighted by molar-refractivity contribution is -0.120. The summed E-state index contributed by atoms with van der Waals surface area (Å²) < 4.78 is 24.8. The van der Waals surface area contributed by atoms with Crippen molar-refractivity contribution in [3.05, 3.63) is 54.4 Å². The van der Waals surface area contributed by atoms with E-state index in [1.165, 1.54) is 10.8 Å². The molecule has 4 heterocycles. The molecule has 0 atom stereocenters. The van der Waals surface area contributed by atoms with Gasteiger partial charge in [-0.25, -0.2) is 9.78 Å². The van der Waals surface area contributed by atoms with Crippen molar-refractivity contribution in [2.45, 2.75) is 19.3 Å². The van der Waals surface area contributed by atoms with Gasteiger partial charge in [0.2, 0.25) is 17.7 Å². The van der Waals surface area contributed by atoms with Crippen LogP contribution in [0.2, 0.25) is 0 Å². The Hall–Kier alpha value is -4.90. The SMILES string of the molecule is Cn1cc2c(nc(NC(=O)Nc3ccc(CC(=O)NCCCOCCOCCOCCCN)cc3)n3nc(-c4ccco4)nc23)n1. The predicted molar refractivity (Wildman–Crippen MR) is 169 cm³/mol. The first kappa shape index (κ1) is 32.5. The maximum Gasteiger partial charge on any atom is 0.326 e. The third kappa shape index (κ3) is 9.07. The number of aryl methyl sites for hydroxylation is 1. The quantitative estimate of drug-likeness (QED) is 0.103. The maximum atomic E-state index is 12.9. The van der Waals surface area contributed by atoms with Gasteiger partial charge in [0.1, 0.15) is 0 Å². The van der Waals surface area contributed by atoms with Crippen molar-refractivity contribution in [2.75, 3.05) is 63.4 Å². The monoisotopic (exact) mass is 634 g/mol. The van der Waals surface area contributed by atoms with Crippen LogP contribution < -0.4 is 21.7 Å². The molecule has 0 aliphatic carbocycles. The molecule has 0 saturated carbocycles. The maximum absolute atomic E-state index is 12.9. The minimum Gasteiger partial charge on any atom is -0.461 e. The van der Waals surface area contributed by atoms with E-state index in [9.17, 15) is 9.59 Å². The predicted octanol–water partition coefficient (Wildman–Crippen LogP) is 2.36. The molecule has 3 amide bonds. The summed E-state index contributed by atoms with van der Waals surface area (Å²) >= 11 is 0. The van der Waals surface area contributed by atoms with Crippen molar-refractivity contribution in [3.8, 4) is 11.6 Å². The zero-order valence-corrected chi connectivity index (χ0v) is 25.6. The first-order valence-corrected chi connectivity index (χ1v) is 15.0. The molecule has 46 heavy (non-hydrogen) atoms. The summed E-state index contributed by atoms with van der Waals surface area (Å²) in [6.45, 7) is 4.36. The molecule has 0 radical (unpaired) electrons. The fourth-order valence-corrected chi connectivity index (χ4v) is 4.44. The number of carbonyl (C=O) groups is 2. The van der Waals surface area contributed by atoms with Gasteiger partial charge in [0.25, 0.3) is 0 Å². The van der Waals surface area contributed by atoms with E-state index in [1.54, 1.807) is 54.3 Å². The van der Waals surface area contributed by atoms with Crippen LogP contribution in [0.3, 0.4) is 0 Å². The number of carbonyl (C=O) groups excluding carboxylic acids is 2. The zero-order valence-electron chi connectivity index (χ0n) is 25.6. The molecule has 244 valence electrons. The molecule has 16 heteroatoms. The molecule has 0 aliphatic heterocycles. The molecule has 1 aromatic carbocycles. The standard InChI is InChI=1S/C30H38N10O6/c1-39-20-23-26(37-39)35-29(40-28(23)34-27(38-40)24-5-2-14-46-24)36-30(42)33-22-8-6-21(7-9-22)19-25(41)32-11-4-13-44-16-18-45-17-15-43-12-3-10-31/h2,5-9,14,20H,3-4,10-13,15-19,31H2,1H3,(H,32,41)(H2,33,35,36,37,42). The molecule has 4 aromatic heterocycles. The van der Waals surface area contributed by atoms with Gasteiger partial charge in [-0.3, -0.25) is 14.8 Å². The fourth-order valence-electron chi connectivity index (χ4n) is 4.44. The van der Waals surface area contributed by atoms with Crippen molar-refractivity contribution < 1.29 is 28.2 Å². The van der Waals surface area contributed by atoms with Crippen molar-refractivity contribution >= 4 is 40.3 Å².